The molecule has 0 aliphatic carbocycles. The molecule has 1 amide bonds. The molecule has 1 saturated heterocycles. The first-order chi connectivity index (χ1) is 8.90. The van der Waals surface area contributed by atoms with Crippen LogP contribution in [0.4, 0.5) is 5.82 Å². The molecule has 2 heterocycles. The van der Waals surface area contributed by atoms with Gasteiger partial charge in [0, 0.05) is 32.2 Å². The number of carboxylic acid groups (broad SMARTS) is 1. The molecule has 19 heavy (non-hydrogen) atoms. The Hall–Kier alpha value is -1.83. The van der Waals surface area contributed by atoms with Gasteiger partial charge in [0.1, 0.15) is 11.4 Å². The number of carboxylic acids is 1. The number of aryl methyl sites for hydroxylation is 1. The van der Waals surface area contributed by atoms with Gasteiger partial charge in [0.15, 0.2) is 5.12 Å². The van der Waals surface area contributed by atoms with Crippen LogP contribution < -0.4 is 4.90 Å². The van der Waals surface area contributed by atoms with Crippen LogP contribution in [0.5, 0.6) is 0 Å². The van der Waals surface area contributed by atoms with Crippen molar-refractivity contribution in [2.24, 2.45) is 7.05 Å². The fraction of sp³-hybridized carbons (Fsp3) is 0.455. The van der Waals surface area contributed by atoms with Crippen LogP contribution in [-0.4, -0.2) is 43.7 Å². The van der Waals surface area contributed by atoms with Crippen LogP contribution >= 0.6 is 11.8 Å². The molecule has 0 bridgehead atoms. The first-order valence-electron chi connectivity index (χ1n) is 5.63. The van der Waals surface area contributed by atoms with Gasteiger partial charge in [0.2, 0.25) is 5.91 Å². The molecule has 1 aromatic rings. The first kappa shape index (κ1) is 13.6. The highest BCUT2D eigenvalue weighted by Crippen LogP contribution is 2.30. The number of carbonyl (C=O) groups excluding carboxylic acids is 2. The summed E-state index contributed by atoms with van der Waals surface area (Å²) in [7, 11) is 1.58. The van der Waals surface area contributed by atoms with Gasteiger partial charge in [-0.05, 0) is 0 Å². The Morgan fingerprint density at radius 2 is 2.21 bits per heavy atom. The topological polar surface area (TPSA) is 92.5 Å². The number of hydrogen-bond acceptors (Lipinski definition) is 5. The van der Waals surface area contributed by atoms with Crippen molar-refractivity contribution in [3.8, 4) is 0 Å². The molecule has 1 aromatic heterocycles. The van der Waals surface area contributed by atoms with Crippen molar-refractivity contribution in [2.75, 3.05) is 11.4 Å². The van der Waals surface area contributed by atoms with Gasteiger partial charge in [-0.2, -0.15) is 5.10 Å². The molecule has 1 atom stereocenters. The third kappa shape index (κ3) is 2.62. The molecule has 102 valence electrons. The van der Waals surface area contributed by atoms with E-state index in [1.807, 2.05) is 0 Å². The Morgan fingerprint density at radius 3 is 2.79 bits per heavy atom. The number of aromatic carboxylic acids is 1. The summed E-state index contributed by atoms with van der Waals surface area (Å²) >= 11 is 1.11. The number of amides is 1. The third-order valence-electron chi connectivity index (χ3n) is 2.82. The monoisotopic (exact) mass is 283 g/mol. The van der Waals surface area contributed by atoms with Crippen molar-refractivity contribution in [2.45, 2.75) is 18.6 Å². The zero-order chi connectivity index (χ0) is 14.2. The molecule has 1 fully saturated rings. The quantitative estimate of drug-likeness (QED) is 0.868. The van der Waals surface area contributed by atoms with Crippen molar-refractivity contribution in [3.63, 3.8) is 0 Å². The van der Waals surface area contributed by atoms with E-state index in [1.165, 1.54) is 22.7 Å². The van der Waals surface area contributed by atoms with Crippen molar-refractivity contribution >= 4 is 34.6 Å². The van der Waals surface area contributed by atoms with E-state index in [0.29, 0.717) is 6.54 Å². The number of carbonyl (C=O) groups is 3. The lowest BCUT2D eigenvalue weighted by atomic mass is 10.3. The normalized spacial score (nSPS) is 18.9. The maximum absolute atomic E-state index is 12.0. The van der Waals surface area contributed by atoms with Crippen LogP contribution in [0, 0.1) is 0 Å². The van der Waals surface area contributed by atoms with Crippen LogP contribution in [0.25, 0.3) is 0 Å². The Labute approximate surface area is 113 Å². The zero-order valence-electron chi connectivity index (χ0n) is 10.5. The van der Waals surface area contributed by atoms with Gasteiger partial charge < -0.3 is 5.11 Å². The standard InChI is InChI=1S/C11H13N3O4S/c1-6(15)19-7-3-9(16)14(5-7)10-8(11(17)18)4-12-13(10)2/h4,7H,3,5H2,1-2H3,(H,17,18). The summed E-state index contributed by atoms with van der Waals surface area (Å²) in [6, 6.07) is 0. The minimum Gasteiger partial charge on any atom is -0.477 e. The third-order valence-corrected chi connectivity index (χ3v) is 3.80. The molecule has 0 radical (unpaired) electrons. The van der Waals surface area contributed by atoms with E-state index in [0.717, 1.165) is 11.8 Å². The lowest BCUT2D eigenvalue weighted by molar-refractivity contribution is -0.117. The maximum Gasteiger partial charge on any atom is 0.341 e. The van der Waals surface area contributed by atoms with E-state index in [9.17, 15) is 14.4 Å². The summed E-state index contributed by atoms with van der Waals surface area (Å²) in [4.78, 5) is 35.5. The second kappa shape index (κ2) is 5.04. The van der Waals surface area contributed by atoms with E-state index in [1.54, 1.807) is 7.05 Å². The summed E-state index contributed by atoms with van der Waals surface area (Å²) in [5.74, 6) is -1.05. The molecular formula is C11H13N3O4S. The molecular weight excluding hydrogens is 270 g/mol. The number of anilines is 1. The predicted octanol–water partition coefficient (Wildman–Crippen LogP) is 0.503. The summed E-state index contributed by atoms with van der Waals surface area (Å²) in [5, 5.41) is 12.8. The smallest absolute Gasteiger partial charge is 0.341 e. The van der Waals surface area contributed by atoms with Crippen LogP contribution in [0.2, 0.25) is 0 Å². The second-order valence-corrected chi connectivity index (χ2v) is 5.73. The van der Waals surface area contributed by atoms with Crippen molar-refractivity contribution in [1.82, 2.24) is 9.78 Å². The van der Waals surface area contributed by atoms with E-state index in [4.69, 9.17) is 5.11 Å². The minimum absolute atomic E-state index is 0.00988. The highest BCUT2D eigenvalue weighted by molar-refractivity contribution is 8.14. The largest absolute Gasteiger partial charge is 0.477 e. The lowest BCUT2D eigenvalue weighted by Crippen LogP contribution is -2.28. The molecule has 8 heteroatoms. The van der Waals surface area contributed by atoms with Gasteiger partial charge in [0.05, 0.1) is 6.20 Å². The van der Waals surface area contributed by atoms with Crippen molar-refractivity contribution < 1.29 is 19.5 Å². The van der Waals surface area contributed by atoms with E-state index < -0.39 is 5.97 Å². The van der Waals surface area contributed by atoms with Crippen molar-refractivity contribution in [1.29, 1.82) is 0 Å². The highest BCUT2D eigenvalue weighted by atomic mass is 32.2. The van der Waals surface area contributed by atoms with Crippen molar-refractivity contribution in [3.05, 3.63) is 11.8 Å². The average Bonchev–Trinajstić information content (AvgIpc) is 2.81. The van der Waals surface area contributed by atoms with E-state index in [2.05, 4.69) is 5.10 Å². The fourth-order valence-electron chi connectivity index (χ4n) is 2.10. The number of thioether (sulfide) groups is 1. The minimum atomic E-state index is -1.13. The zero-order valence-corrected chi connectivity index (χ0v) is 11.3. The maximum atomic E-state index is 12.0. The number of hydrogen-bond donors (Lipinski definition) is 1. The van der Waals surface area contributed by atoms with Gasteiger partial charge in [0.25, 0.3) is 0 Å². The van der Waals surface area contributed by atoms with Crippen LogP contribution in [-0.2, 0) is 16.6 Å². The summed E-state index contributed by atoms with van der Waals surface area (Å²) in [5.41, 5.74) is -0.00988. The first-order valence-corrected chi connectivity index (χ1v) is 6.51. The highest BCUT2D eigenvalue weighted by Gasteiger charge is 2.35. The Balaban J connectivity index is 2.28. The molecule has 7 nitrogen and oxygen atoms in total. The summed E-state index contributed by atoms with van der Waals surface area (Å²) in [6.45, 7) is 1.77. The molecule has 0 aromatic carbocycles. The fourth-order valence-corrected chi connectivity index (χ4v) is 3.01. The van der Waals surface area contributed by atoms with Gasteiger partial charge in [-0.25, -0.2) is 4.79 Å². The van der Waals surface area contributed by atoms with Gasteiger partial charge in [-0.15, -0.1) is 0 Å². The lowest BCUT2D eigenvalue weighted by Gasteiger charge is -2.17. The summed E-state index contributed by atoms with van der Waals surface area (Å²) in [6.07, 6.45) is 1.45. The van der Waals surface area contributed by atoms with E-state index >= 15 is 0 Å². The predicted molar refractivity (Wildman–Crippen MR) is 69.2 cm³/mol. The average molecular weight is 283 g/mol. The van der Waals surface area contributed by atoms with Gasteiger partial charge in [-0.1, -0.05) is 11.8 Å². The Kier molecular flexibility index (Phi) is 3.61. The molecule has 2 rings (SSSR count). The Morgan fingerprint density at radius 1 is 1.53 bits per heavy atom. The SMILES string of the molecule is CC(=O)SC1CC(=O)N(c2c(C(=O)O)cnn2C)C1. The number of rotatable bonds is 3. The number of aromatic nitrogens is 2. The van der Waals surface area contributed by atoms with Crippen LogP contribution in [0.3, 0.4) is 0 Å². The molecule has 1 aliphatic heterocycles. The number of nitrogens with zero attached hydrogens (tertiary/aromatic N) is 3. The van der Waals surface area contributed by atoms with Gasteiger partial charge in [-0.3, -0.25) is 19.2 Å². The molecule has 0 saturated carbocycles. The second-order valence-electron chi connectivity index (χ2n) is 4.25. The molecule has 0 spiro atoms. The molecule has 1 N–H and O–H groups in total. The Bertz CT molecular complexity index is 554. The van der Waals surface area contributed by atoms with E-state index in [-0.39, 0.29) is 34.1 Å². The van der Waals surface area contributed by atoms with Crippen LogP contribution in [0.15, 0.2) is 6.20 Å². The van der Waals surface area contributed by atoms with Gasteiger partial charge >= 0.3 is 5.97 Å². The molecule has 1 unspecified atom stereocenters. The molecule has 1 aliphatic rings. The van der Waals surface area contributed by atoms with Crippen LogP contribution in [0.1, 0.15) is 23.7 Å². The summed E-state index contributed by atoms with van der Waals surface area (Å²) < 4.78 is 1.36.